The van der Waals surface area contributed by atoms with Crippen molar-refractivity contribution in [2.45, 2.75) is 23.1 Å². The fourth-order valence-electron chi connectivity index (χ4n) is 2.16. The number of aliphatic hydroxyl groups is 1. The Morgan fingerprint density at radius 1 is 1.14 bits per heavy atom. The number of hydrogen-bond acceptors (Lipinski definition) is 10. The monoisotopic (exact) mass is 484 g/mol. The molecular formula is C9H15N2O13P3S. The highest BCUT2D eigenvalue weighted by molar-refractivity contribution is 8.00. The molecule has 0 amide bonds. The molecule has 160 valence electrons. The van der Waals surface area contributed by atoms with Crippen molar-refractivity contribution in [3.05, 3.63) is 33.1 Å². The number of aromatic nitrogens is 2. The molecule has 1 fully saturated rings. The van der Waals surface area contributed by atoms with Gasteiger partial charge in [-0.25, -0.2) is 18.5 Å². The molecular weight excluding hydrogens is 469 g/mol. The maximum atomic E-state index is 11.8. The van der Waals surface area contributed by atoms with Crippen LogP contribution in [0.25, 0.3) is 0 Å². The first-order valence-corrected chi connectivity index (χ1v) is 12.6. The average Bonchev–Trinajstić information content (AvgIpc) is 2.82. The molecule has 0 aromatic carbocycles. The van der Waals surface area contributed by atoms with Gasteiger partial charge >= 0.3 is 29.2 Å². The van der Waals surface area contributed by atoms with E-state index in [0.29, 0.717) is 0 Å². The maximum absolute atomic E-state index is 11.8. The topological polar surface area (TPSA) is 235 Å². The standard InChI is InChI=1S/C9H15N2O13P3S/c12-5-3-8(11-2-1-7(13)10-9(11)14)28-6(5)4-22-26(18,19)24-27(20,21)23-25(15,16)17/h1-2,5-6,8,12H,3-4H2,(H,18,19)(H,20,21)(H,10,13,14)(H2,15,16,17)/t5-,6+,8+/m0/s1. The van der Waals surface area contributed by atoms with E-state index >= 15 is 0 Å². The van der Waals surface area contributed by atoms with Crippen LogP contribution in [0.15, 0.2) is 21.9 Å². The van der Waals surface area contributed by atoms with Crippen LogP contribution in [0.3, 0.4) is 0 Å². The Hall–Kier alpha value is -0.600. The number of H-pyrrole nitrogens is 1. The average molecular weight is 484 g/mol. The van der Waals surface area contributed by atoms with Crippen molar-refractivity contribution in [3.8, 4) is 0 Å². The quantitative estimate of drug-likeness (QED) is 0.249. The van der Waals surface area contributed by atoms with Crippen LogP contribution < -0.4 is 11.2 Å². The van der Waals surface area contributed by atoms with Gasteiger partial charge in [-0.05, 0) is 0 Å². The number of aliphatic hydroxyl groups excluding tert-OH is 1. The van der Waals surface area contributed by atoms with Gasteiger partial charge in [0.25, 0.3) is 5.56 Å². The smallest absolute Gasteiger partial charge is 0.392 e. The molecule has 1 aromatic rings. The molecule has 0 saturated carbocycles. The number of rotatable bonds is 8. The minimum absolute atomic E-state index is 0.0149. The summed E-state index contributed by atoms with van der Waals surface area (Å²) in [5.74, 6) is 0. The number of phosphoric ester groups is 1. The van der Waals surface area contributed by atoms with Crippen molar-refractivity contribution in [1.29, 1.82) is 0 Å². The summed E-state index contributed by atoms with van der Waals surface area (Å²) in [7, 11) is -16.4. The molecule has 1 saturated heterocycles. The van der Waals surface area contributed by atoms with Crippen LogP contribution in [-0.4, -0.2) is 52.2 Å². The fourth-order valence-corrected chi connectivity index (χ4v) is 6.75. The number of aromatic amines is 1. The number of nitrogens with one attached hydrogen (secondary N) is 1. The maximum Gasteiger partial charge on any atom is 0.490 e. The highest BCUT2D eigenvalue weighted by Crippen LogP contribution is 2.66. The fraction of sp³-hybridized carbons (Fsp3) is 0.556. The van der Waals surface area contributed by atoms with Crippen LogP contribution in [-0.2, 0) is 26.8 Å². The van der Waals surface area contributed by atoms with Gasteiger partial charge in [0.2, 0.25) is 0 Å². The second kappa shape index (κ2) is 8.64. The molecule has 1 aliphatic heterocycles. The van der Waals surface area contributed by atoms with Gasteiger partial charge in [0.05, 0.1) is 23.3 Å². The number of phosphoric acid groups is 3. The predicted octanol–water partition coefficient (Wildman–Crippen LogP) is -0.755. The summed E-state index contributed by atoms with van der Waals surface area (Å²) in [6, 6.07) is 1.09. The summed E-state index contributed by atoms with van der Waals surface area (Å²) in [4.78, 5) is 60.2. The van der Waals surface area contributed by atoms with Crippen molar-refractivity contribution >= 4 is 35.2 Å². The van der Waals surface area contributed by atoms with E-state index in [4.69, 9.17) is 14.7 Å². The van der Waals surface area contributed by atoms with E-state index in [2.05, 4.69) is 13.1 Å². The second-order valence-corrected chi connectivity index (χ2v) is 11.2. The predicted molar refractivity (Wildman–Crippen MR) is 92.2 cm³/mol. The van der Waals surface area contributed by atoms with E-state index in [1.54, 1.807) is 0 Å². The summed E-state index contributed by atoms with van der Waals surface area (Å²) in [6.07, 6.45) is 0.0956. The Bertz CT molecular complexity index is 970. The van der Waals surface area contributed by atoms with Crippen molar-refractivity contribution in [2.24, 2.45) is 0 Å². The Balaban J connectivity index is 1.99. The molecule has 1 aromatic heterocycles. The van der Waals surface area contributed by atoms with Crippen LogP contribution in [0.2, 0.25) is 0 Å². The lowest BCUT2D eigenvalue weighted by Crippen LogP contribution is -2.30. The van der Waals surface area contributed by atoms with Crippen LogP contribution in [0.1, 0.15) is 11.8 Å². The molecule has 5 atom stereocenters. The van der Waals surface area contributed by atoms with Gasteiger partial charge in [0, 0.05) is 18.7 Å². The van der Waals surface area contributed by atoms with Gasteiger partial charge in [-0.15, -0.1) is 11.8 Å². The first kappa shape index (κ1) is 23.7. The van der Waals surface area contributed by atoms with Crippen molar-refractivity contribution < 1.29 is 51.5 Å². The Kier molecular flexibility index (Phi) is 7.31. The zero-order chi connectivity index (χ0) is 21.3. The van der Waals surface area contributed by atoms with E-state index in [1.165, 1.54) is 6.20 Å². The van der Waals surface area contributed by atoms with E-state index in [9.17, 15) is 33.3 Å². The number of hydrogen-bond donors (Lipinski definition) is 6. The molecule has 0 bridgehead atoms. The summed E-state index contributed by atoms with van der Waals surface area (Å²) in [6.45, 7) is -0.690. The van der Waals surface area contributed by atoms with Crippen molar-refractivity contribution in [3.63, 3.8) is 0 Å². The molecule has 15 nitrogen and oxygen atoms in total. The van der Waals surface area contributed by atoms with E-state index in [1.807, 2.05) is 4.98 Å². The lowest BCUT2D eigenvalue weighted by Gasteiger charge is -2.19. The molecule has 1 aliphatic rings. The summed E-state index contributed by atoms with van der Waals surface area (Å²) < 4.78 is 46.2. The highest BCUT2D eigenvalue weighted by Gasteiger charge is 2.42. The molecule has 0 radical (unpaired) electrons. The zero-order valence-corrected chi connectivity index (χ0v) is 17.0. The number of nitrogens with zero attached hydrogens (tertiary/aromatic N) is 1. The minimum Gasteiger partial charge on any atom is -0.392 e. The molecule has 19 heteroatoms. The van der Waals surface area contributed by atoms with Crippen molar-refractivity contribution in [1.82, 2.24) is 9.55 Å². The lowest BCUT2D eigenvalue weighted by atomic mass is 10.2. The Morgan fingerprint density at radius 3 is 2.36 bits per heavy atom. The first-order valence-electron chi connectivity index (χ1n) is 7.11. The van der Waals surface area contributed by atoms with Gasteiger partial charge in [-0.3, -0.25) is 18.9 Å². The molecule has 28 heavy (non-hydrogen) atoms. The Labute approximate surface area is 159 Å². The molecule has 0 aliphatic carbocycles. The third kappa shape index (κ3) is 7.02. The molecule has 2 rings (SSSR count). The van der Waals surface area contributed by atoms with Gasteiger partial charge in [0.15, 0.2) is 0 Å². The zero-order valence-electron chi connectivity index (χ0n) is 13.5. The van der Waals surface area contributed by atoms with Gasteiger partial charge < -0.3 is 24.7 Å². The van der Waals surface area contributed by atoms with Crippen LogP contribution in [0.4, 0.5) is 0 Å². The van der Waals surface area contributed by atoms with Crippen molar-refractivity contribution in [2.75, 3.05) is 6.61 Å². The normalized spacial score (nSPS) is 27.2. The minimum atomic E-state index is -5.63. The first-order chi connectivity index (χ1) is 12.7. The summed E-state index contributed by atoms with van der Waals surface area (Å²) in [5, 5.41) is 8.49. The summed E-state index contributed by atoms with van der Waals surface area (Å²) in [5.41, 5.74) is -1.35. The lowest BCUT2D eigenvalue weighted by molar-refractivity contribution is 0.125. The second-order valence-electron chi connectivity index (χ2n) is 5.34. The highest BCUT2D eigenvalue weighted by atomic mass is 32.2. The van der Waals surface area contributed by atoms with Crippen LogP contribution in [0, 0.1) is 0 Å². The van der Waals surface area contributed by atoms with Gasteiger partial charge in [-0.2, -0.15) is 8.62 Å². The van der Waals surface area contributed by atoms with Crippen LogP contribution >= 0.6 is 35.2 Å². The summed E-state index contributed by atoms with van der Waals surface area (Å²) >= 11 is 0.951. The Morgan fingerprint density at radius 2 is 1.79 bits per heavy atom. The van der Waals surface area contributed by atoms with Crippen LogP contribution in [0.5, 0.6) is 0 Å². The third-order valence-electron chi connectivity index (χ3n) is 3.18. The van der Waals surface area contributed by atoms with E-state index < -0.39 is 58.1 Å². The molecule has 6 N–H and O–H groups in total. The number of thioether (sulfide) groups is 1. The van der Waals surface area contributed by atoms with E-state index in [-0.39, 0.29) is 6.42 Å². The van der Waals surface area contributed by atoms with Gasteiger partial charge in [0.1, 0.15) is 0 Å². The molecule has 0 spiro atoms. The third-order valence-corrected chi connectivity index (χ3v) is 8.52. The van der Waals surface area contributed by atoms with Gasteiger partial charge in [-0.1, -0.05) is 0 Å². The molecule has 2 heterocycles. The van der Waals surface area contributed by atoms with E-state index in [0.717, 1.165) is 22.4 Å². The SMILES string of the molecule is O=c1ccn([C@H]2C[C@H](O)[C@@H](COP(=O)(O)OP(=O)(O)OP(=O)(O)O)S2)c(=O)[nH]1. The largest absolute Gasteiger partial charge is 0.490 e. The molecule has 2 unspecified atom stereocenters.